The predicted octanol–water partition coefficient (Wildman–Crippen LogP) is 2.43. The normalized spacial score (nSPS) is 9.94. The summed E-state index contributed by atoms with van der Waals surface area (Å²) in [5.41, 5.74) is 1.10. The summed E-state index contributed by atoms with van der Waals surface area (Å²) in [4.78, 5) is 13.9. The van der Waals surface area contributed by atoms with Gasteiger partial charge in [0, 0.05) is 18.2 Å². The first kappa shape index (κ1) is 12.3. The molecule has 1 aromatic rings. The second-order valence-corrected chi connectivity index (χ2v) is 3.88. The number of hydrogen-bond donors (Lipinski definition) is 0. The zero-order valence-electron chi connectivity index (χ0n) is 9.90. The highest BCUT2D eigenvalue weighted by Crippen LogP contribution is 2.10. The van der Waals surface area contributed by atoms with E-state index in [1.54, 1.807) is 29.2 Å². The van der Waals surface area contributed by atoms with E-state index in [1.807, 2.05) is 26.8 Å². The molecular weight excluding hydrogens is 200 g/mol. The summed E-state index contributed by atoms with van der Waals surface area (Å²) in [5.74, 6) is -0.0189. The van der Waals surface area contributed by atoms with Gasteiger partial charge in [-0.1, -0.05) is 6.07 Å². The Morgan fingerprint density at radius 2 is 2.19 bits per heavy atom. The number of hydrogen-bond acceptors (Lipinski definition) is 2. The zero-order chi connectivity index (χ0) is 12.1. The first-order valence-electron chi connectivity index (χ1n) is 5.41. The summed E-state index contributed by atoms with van der Waals surface area (Å²) in [7, 11) is 0. The predicted molar refractivity (Wildman–Crippen MR) is 63.0 cm³/mol. The number of carbonyl (C=O) groups is 1. The minimum Gasteiger partial charge on any atom is -0.337 e. The summed E-state index contributed by atoms with van der Waals surface area (Å²) >= 11 is 0. The highest BCUT2D eigenvalue weighted by molar-refractivity contribution is 5.94. The molecule has 84 valence electrons. The van der Waals surface area contributed by atoms with Gasteiger partial charge in [0.05, 0.1) is 11.6 Å². The van der Waals surface area contributed by atoms with Crippen molar-refractivity contribution in [2.45, 2.75) is 26.8 Å². The van der Waals surface area contributed by atoms with E-state index in [4.69, 9.17) is 5.26 Å². The first-order chi connectivity index (χ1) is 7.60. The molecular formula is C13H16N2O. The lowest BCUT2D eigenvalue weighted by Gasteiger charge is -2.25. The van der Waals surface area contributed by atoms with Crippen molar-refractivity contribution in [2.24, 2.45) is 0 Å². The van der Waals surface area contributed by atoms with Crippen LogP contribution in [-0.4, -0.2) is 23.4 Å². The molecule has 16 heavy (non-hydrogen) atoms. The van der Waals surface area contributed by atoms with E-state index in [-0.39, 0.29) is 11.9 Å². The maximum atomic E-state index is 12.1. The van der Waals surface area contributed by atoms with Crippen molar-refractivity contribution in [3.05, 3.63) is 35.4 Å². The SMILES string of the molecule is CCN(C(=O)c1cccc(C#N)c1)C(C)C. The summed E-state index contributed by atoms with van der Waals surface area (Å²) in [6, 6.07) is 9.02. The van der Waals surface area contributed by atoms with E-state index < -0.39 is 0 Å². The lowest BCUT2D eigenvalue weighted by atomic mass is 10.1. The van der Waals surface area contributed by atoms with Crippen molar-refractivity contribution in [3.63, 3.8) is 0 Å². The highest BCUT2D eigenvalue weighted by atomic mass is 16.2. The Bertz CT molecular complexity index is 418. The van der Waals surface area contributed by atoms with Crippen molar-refractivity contribution in [1.29, 1.82) is 5.26 Å². The van der Waals surface area contributed by atoms with Gasteiger partial charge in [-0.25, -0.2) is 0 Å². The molecule has 0 spiro atoms. The Morgan fingerprint density at radius 1 is 1.50 bits per heavy atom. The monoisotopic (exact) mass is 216 g/mol. The molecule has 1 amide bonds. The molecule has 0 fully saturated rings. The Kier molecular flexibility index (Phi) is 4.07. The Labute approximate surface area is 96.3 Å². The zero-order valence-corrected chi connectivity index (χ0v) is 9.90. The average molecular weight is 216 g/mol. The van der Waals surface area contributed by atoms with Crippen LogP contribution in [0.4, 0.5) is 0 Å². The van der Waals surface area contributed by atoms with Crippen LogP contribution in [0.3, 0.4) is 0 Å². The van der Waals surface area contributed by atoms with Crippen LogP contribution in [0.5, 0.6) is 0 Å². The van der Waals surface area contributed by atoms with Crippen LogP contribution in [0.1, 0.15) is 36.7 Å². The van der Waals surface area contributed by atoms with Crippen LogP contribution in [0.2, 0.25) is 0 Å². The first-order valence-corrected chi connectivity index (χ1v) is 5.41. The standard InChI is InChI=1S/C13H16N2O/c1-4-15(10(2)3)13(16)12-7-5-6-11(8-12)9-14/h5-8,10H,4H2,1-3H3. The van der Waals surface area contributed by atoms with Gasteiger partial charge in [-0.15, -0.1) is 0 Å². The van der Waals surface area contributed by atoms with E-state index in [1.165, 1.54) is 0 Å². The maximum absolute atomic E-state index is 12.1. The number of rotatable bonds is 3. The average Bonchev–Trinajstić information content (AvgIpc) is 2.29. The van der Waals surface area contributed by atoms with Crippen molar-refractivity contribution in [1.82, 2.24) is 4.90 Å². The van der Waals surface area contributed by atoms with E-state index >= 15 is 0 Å². The smallest absolute Gasteiger partial charge is 0.254 e. The highest BCUT2D eigenvalue weighted by Gasteiger charge is 2.16. The summed E-state index contributed by atoms with van der Waals surface area (Å²) in [6.45, 7) is 6.59. The molecule has 1 aromatic carbocycles. The largest absolute Gasteiger partial charge is 0.337 e. The second kappa shape index (κ2) is 5.32. The fraction of sp³-hybridized carbons (Fsp3) is 0.385. The molecule has 0 unspecified atom stereocenters. The molecule has 0 aromatic heterocycles. The number of carbonyl (C=O) groups excluding carboxylic acids is 1. The molecule has 0 atom stereocenters. The van der Waals surface area contributed by atoms with Crippen LogP contribution in [0.25, 0.3) is 0 Å². The van der Waals surface area contributed by atoms with Gasteiger partial charge in [0.2, 0.25) is 0 Å². The van der Waals surface area contributed by atoms with Crippen LogP contribution >= 0.6 is 0 Å². The summed E-state index contributed by atoms with van der Waals surface area (Å²) in [6.07, 6.45) is 0. The summed E-state index contributed by atoms with van der Waals surface area (Å²) < 4.78 is 0. The molecule has 0 aliphatic carbocycles. The molecule has 0 aliphatic rings. The number of benzene rings is 1. The fourth-order valence-corrected chi connectivity index (χ4v) is 1.63. The van der Waals surface area contributed by atoms with Crippen molar-refractivity contribution in [2.75, 3.05) is 6.54 Å². The molecule has 3 heteroatoms. The second-order valence-electron chi connectivity index (χ2n) is 3.88. The third-order valence-corrected chi connectivity index (χ3v) is 2.46. The van der Waals surface area contributed by atoms with Gasteiger partial charge >= 0.3 is 0 Å². The van der Waals surface area contributed by atoms with Crippen molar-refractivity contribution >= 4 is 5.91 Å². The third-order valence-electron chi connectivity index (χ3n) is 2.46. The molecule has 0 saturated heterocycles. The van der Waals surface area contributed by atoms with Crippen LogP contribution in [-0.2, 0) is 0 Å². The van der Waals surface area contributed by atoms with Gasteiger partial charge < -0.3 is 4.90 Å². The molecule has 3 nitrogen and oxygen atoms in total. The van der Waals surface area contributed by atoms with E-state index in [0.717, 1.165) is 0 Å². The van der Waals surface area contributed by atoms with E-state index in [2.05, 4.69) is 0 Å². The molecule has 0 aliphatic heterocycles. The van der Waals surface area contributed by atoms with Crippen LogP contribution < -0.4 is 0 Å². The lowest BCUT2D eigenvalue weighted by molar-refractivity contribution is 0.0717. The molecule has 0 radical (unpaired) electrons. The van der Waals surface area contributed by atoms with Gasteiger partial charge in [-0.05, 0) is 39.0 Å². The topological polar surface area (TPSA) is 44.1 Å². The molecule has 1 rings (SSSR count). The number of nitrogens with zero attached hydrogens (tertiary/aromatic N) is 2. The molecule has 0 N–H and O–H groups in total. The van der Waals surface area contributed by atoms with Gasteiger partial charge in [0.15, 0.2) is 0 Å². The Balaban J connectivity index is 3.00. The molecule has 0 saturated carbocycles. The van der Waals surface area contributed by atoms with Gasteiger partial charge in [0.1, 0.15) is 0 Å². The number of nitriles is 1. The summed E-state index contributed by atoms with van der Waals surface area (Å²) in [5, 5.41) is 8.77. The Morgan fingerprint density at radius 3 is 2.69 bits per heavy atom. The quantitative estimate of drug-likeness (QED) is 0.778. The van der Waals surface area contributed by atoms with Gasteiger partial charge in [0.25, 0.3) is 5.91 Å². The van der Waals surface area contributed by atoms with Gasteiger partial charge in [-0.2, -0.15) is 5.26 Å². The third kappa shape index (κ3) is 2.60. The van der Waals surface area contributed by atoms with Gasteiger partial charge in [-0.3, -0.25) is 4.79 Å². The molecule has 0 bridgehead atoms. The maximum Gasteiger partial charge on any atom is 0.254 e. The van der Waals surface area contributed by atoms with E-state index in [0.29, 0.717) is 17.7 Å². The van der Waals surface area contributed by atoms with Crippen molar-refractivity contribution in [3.8, 4) is 6.07 Å². The van der Waals surface area contributed by atoms with E-state index in [9.17, 15) is 4.79 Å². The van der Waals surface area contributed by atoms with Crippen LogP contribution in [0.15, 0.2) is 24.3 Å². The van der Waals surface area contributed by atoms with Crippen LogP contribution in [0, 0.1) is 11.3 Å². The Hall–Kier alpha value is -1.82. The lowest BCUT2D eigenvalue weighted by Crippen LogP contribution is -2.36. The minimum atomic E-state index is -0.0189. The number of amides is 1. The fourth-order valence-electron chi connectivity index (χ4n) is 1.63. The minimum absolute atomic E-state index is 0.0189. The van der Waals surface area contributed by atoms with Crippen molar-refractivity contribution < 1.29 is 4.79 Å². The molecule has 0 heterocycles.